The zero-order valence-electron chi connectivity index (χ0n) is 13.1. The Hall–Kier alpha value is -1.00. The van der Waals surface area contributed by atoms with Crippen molar-refractivity contribution in [2.75, 3.05) is 38.3 Å². The van der Waals surface area contributed by atoms with Crippen LogP contribution in [0.4, 0.5) is 5.69 Å². The number of rotatable bonds is 5. The molecule has 0 amide bonds. The van der Waals surface area contributed by atoms with Crippen LogP contribution < -0.4 is 10.2 Å². The van der Waals surface area contributed by atoms with E-state index in [0.717, 1.165) is 30.0 Å². The van der Waals surface area contributed by atoms with E-state index in [1.165, 1.54) is 0 Å². The third-order valence-corrected chi connectivity index (χ3v) is 5.37. The number of hydrogen-bond acceptors (Lipinski definition) is 5. The van der Waals surface area contributed by atoms with Crippen LogP contribution in [-0.2, 0) is 13.6 Å². The topological polar surface area (TPSA) is 50.8 Å². The largest absolute Gasteiger partial charge is 0.382 e. The van der Waals surface area contributed by atoms with Gasteiger partial charge in [0.2, 0.25) is 0 Å². The first-order valence-electron chi connectivity index (χ1n) is 7.35. The van der Waals surface area contributed by atoms with Gasteiger partial charge in [-0.25, -0.2) is 0 Å². The van der Waals surface area contributed by atoms with Crippen molar-refractivity contribution in [2.24, 2.45) is 0 Å². The molecule has 1 heterocycles. The van der Waals surface area contributed by atoms with Gasteiger partial charge in [0.25, 0.3) is 0 Å². The number of nitrogens with one attached hydrogen (secondary N) is 1. The highest BCUT2D eigenvalue weighted by Crippen LogP contribution is 2.51. The van der Waals surface area contributed by atoms with Crippen LogP contribution in [0.15, 0.2) is 24.0 Å². The number of hydrogen-bond donors (Lipinski definition) is 1. The van der Waals surface area contributed by atoms with Crippen LogP contribution in [0.2, 0.25) is 5.02 Å². The van der Waals surface area contributed by atoms with Crippen molar-refractivity contribution < 1.29 is 13.6 Å². The second kappa shape index (κ2) is 7.51. The van der Waals surface area contributed by atoms with E-state index < -0.39 is 7.60 Å². The summed E-state index contributed by atoms with van der Waals surface area (Å²) in [5, 5.41) is 3.98. The molecule has 1 N–H and O–H groups in total. The molecule has 1 aromatic rings. The molecule has 7 heteroatoms. The molecule has 0 unspecified atom stereocenters. The molecule has 22 heavy (non-hydrogen) atoms. The summed E-state index contributed by atoms with van der Waals surface area (Å²) in [7, 11) is -1.27. The summed E-state index contributed by atoms with van der Waals surface area (Å²) in [4.78, 5) is 2.11. The van der Waals surface area contributed by atoms with Gasteiger partial charge in [-0.15, -0.1) is 0 Å². The fraction of sp³-hybridized carbons (Fsp3) is 0.467. The molecule has 0 spiro atoms. The molecule has 122 valence electrons. The van der Waals surface area contributed by atoms with Gasteiger partial charge in [0.15, 0.2) is 0 Å². The van der Waals surface area contributed by atoms with Crippen LogP contribution in [0.25, 0.3) is 5.70 Å². The van der Waals surface area contributed by atoms with Crippen LogP contribution in [0, 0.1) is 0 Å². The lowest BCUT2D eigenvalue weighted by atomic mass is 10.1. The van der Waals surface area contributed by atoms with E-state index in [9.17, 15) is 4.57 Å². The lowest BCUT2D eigenvalue weighted by Crippen LogP contribution is -2.24. The van der Waals surface area contributed by atoms with Crippen LogP contribution in [-0.4, -0.2) is 33.4 Å². The molecule has 1 aliphatic rings. The van der Waals surface area contributed by atoms with E-state index >= 15 is 0 Å². The smallest absolute Gasteiger partial charge is 0.356 e. The predicted molar refractivity (Wildman–Crippen MR) is 91.6 cm³/mol. The van der Waals surface area contributed by atoms with Crippen LogP contribution >= 0.6 is 19.2 Å². The minimum atomic E-state index is -3.27. The molecule has 0 fully saturated rings. The van der Waals surface area contributed by atoms with Gasteiger partial charge in [-0.05, 0) is 32.0 Å². The Morgan fingerprint density at radius 3 is 2.68 bits per heavy atom. The molecule has 0 saturated heterocycles. The lowest BCUT2D eigenvalue weighted by Gasteiger charge is -2.19. The highest BCUT2D eigenvalue weighted by Gasteiger charge is 2.24. The minimum absolute atomic E-state index is 0.328. The molecule has 0 atom stereocenters. The van der Waals surface area contributed by atoms with Crippen molar-refractivity contribution in [3.8, 4) is 0 Å². The third kappa shape index (κ3) is 4.05. The lowest BCUT2D eigenvalue weighted by molar-refractivity contribution is 0.229. The molecular formula is C15H22ClN2O3P. The molecule has 1 aliphatic heterocycles. The number of halogens is 1. The van der Waals surface area contributed by atoms with E-state index in [4.69, 9.17) is 20.6 Å². The van der Waals surface area contributed by atoms with Gasteiger partial charge in [-0.1, -0.05) is 11.6 Å². The maximum Gasteiger partial charge on any atom is 0.356 e. The van der Waals surface area contributed by atoms with Gasteiger partial charge in [0, 0.05) is 36.4 Å². The molecule has 5 nitrogen and oxygen atoms in total. The number of anilines is 1. The van der Waals surface area contributed by atoms with Crippen LogP contribution in [0.3, 0.4) is 0 Å². The Balaban J connectivity index is 2.48. The summed E-state index contributed by atoms with van der Waals surface area (Å²) in [6.45, 7) is 5.80. The average molecular weight is 345 g/mol. The first-order chi connectivity index (χ1) is 10.5. The van der Waals surface area contributed by atoms with Gasteiger partial charge in [-0.2, -0.15) is 0 Å². The quantitative estimate of drug-likeness (QED) is 0.820. The van der Waals surface area contributed by atoms with E-state index in [0.29, 0.717) is 18.2 Å². The highest BCUT2D eigenvalue weighted by atomic mass is 35.5. The number of likely N-dealkylation sites (N-methyl/N-ethyl adjacent to an activating group) is 1. The second-order valence-corrected chi connectivity index (χ2v) is 7.22. The summed E-state index contributed by atoms with van der Waals surface area (Å²) >= 11 is 6.10. The Bertz CT molecular complexity index is 596. The van der Waals surface area contributed by atoms with Crippen molar-refractivity contribution in [2.45, 2.75) is 13.8 Å². The van der Waals surface area contributed by atoms with Crippen molar-refractivity contribution in [3.63, 3.8) is 0 Å². The fourth-order valence-corrected chi connectivity index (χ4v) is 4.02. The summed E-state index contributed by atoms with van der Waals surface area (Å²) in [6.07, 6.45) is 0. The van der Waals surface area contributed by atoms with Crippen molar-refractivity contribution >= 4 is 30.6 Å². The Labute approximate surface area is 136 Å². The fourth-order valence-electron chi connectivity index (χ4n) is 2.37. The molecule has 0 aliphatic carbocycles. The first-order valence-corrected chi connectivity index (χ1v) is 9.34. The SMILES string of the molecule is CCOP(=O)(/C=C1\NCCN(C)c2cc(Cl)ccc21)OCC. The van der Waals surface area contributed by atoms with E-state index in [1.807, 2.05) is 25.2 Å². The zero-order valence-corrected chi connectivity index (χ0v) is 14.8. The van der Waals surface area contributed by atoms with Crippen molar-refractivity contribution in [1.82, 2.24) is 5.32 Å². The summed E-state index contributed by atoms with van der Waals surface area (Å²) in [5.74, 6) is 1.58. The Morgan fingerprint density at radius 2 is 2.05 bits per heavy atom. The second-order valence-electron chi connectivity index (χ2n) is 4.93. The normalized spacial score (nSPS) is 17.1. The van der Waals surface area contributed by atoms with Crippen molar-refractivity contribution in [3.05, 3.63) is 34.6 Å². The number of nitrogens with zero attached hydrogens (tertiary/aromatic N) is 1. The average Bonchev–Trinajstić information content (AvgIpc) is 2.59. The first kappa shape index (κ1) is 17.4. The zero-order chi connectivity index (χ0) is 16.2. The minimum Gasteiger partial charge on any atom is -0.382 e. The Kier molecular flexibility index (Phi) is 5.93. The predicted octanol–water partition coefficient (Wildman–Crippen LogP) is 3.94. The maximum absolute atomic E-state index is 12.8. The molecule has 2 rings (SSSR count). The van der Waals surface area contributed by atoms with Gasteiger partial charge in [-0.3, -0.25) is 4.57 Å². The monoisotopic (exact) mass is 344 g/mol. The van der Waals surface area contributed by atoms with Gasteiger partial charge in [0.1, 0.15) is 0 Å². The summed E-state index contributed by atoms with van der Waals surface area (Å²) in [5.41, 5.74) is 2.67. The van der Waals surface area contributed by atoms with Gasteiger partial charge in [0.05, 0.1) is 24.7 Å². The molecule has 0 bridgehead atoms. The van der Waals surface area contributed by atoms with Gasteiger partial charge >= 0.3 is 7.60 Å². The third-order valence-electron chi connectivity index (χ3n) is 3.33. The van der Waals surface area contributed by atoms with E-state index in [2.05, 4.69) is 10.2 Å². The summed E-state index contributed by atoms with van der Waals surface area (Å²) < 4.78 is 23.5. The Morgan fingerprint density at radius 1 is 1.36 bits per heavy atom. The maximum atomic E-state index is 12.8. The van der Waals surface area contributed by atoms with Crippen molar-refractivity contribution in [1.29, 1.82) is 0 Å². The molecule has 0 aromatic heterocycles. The molecular weight excluding hydrogens is 323 g/mol. The molecule has 0 radical (unpaired) electrons. The number of fused-ring (bicyclic) bond motifs is 1. The summed E-state index contributed by atoms with van der Waals surface area (Å²) in [6, 6.07) is 5.64. The highest BCUT2D eigenvalue weighted by molar-refractivity contribution is 7.57. The molecule has 0 saturated carbocycles. The van der Waals surface area contributed by atoms with Crippen LogP contribution in [0.5, 0.6) is 0 Å². The standard InChI is InChI=1S/C15H22ClN2O3P/c1-4-20-22(19,21-5-2)11-14-13-7-6-12(16)10-15(13)18(3)9-8-17-14/h6-7,10-11,17H,4-5,8-9H2,1-3H3/b14-11-. The van der Waals surface area contributed by atoms with Gasteiger partial charge < -0.3 is 19.3 Å². The van der Waals surface area contributed by atoms with E-state index in [-0.39, 0.29) is 0 Å². The number of benzene rings is 1. The van der Waals surface area contributed by atoms with E-state index in [1.54, 1.807) is 19.7 Å². The molecule has 1 aromatic carbocycles. The van der Waals surface area contributed by atoms with Crippen LogP contribution in [0.1, 0.15) is 19.4 Å².